The van der Waals surface area contributed by atoms with Crippen LogP contribution in [-0.4, -0.2) is 17.9 Å². The van der Waals surface area contributed by atoms with Gasteiger partial charge in [0.1, 0.15) is 6.04 Å². The van der Waals surface area contributed by atoms with Crippen LogP contribution in [0.4, 0.5) is 11.4 Å². The summed E-state index contributed by atoms with van der Waals surface area (Å²) in [6.45, 7) is 3.43. The molecule has 118 valence electrons. The fraction of sp³-hybridized carbons (Fsp3) is 0.222. The van der Waals surface area contributed by atoms with Gasteiger partial charge in [0.2, 0.25) is 11.8 Å². The minimum atomic E-state index is -0.507. The number of hydrogen-bond acceptors (Lipinski definition) is 2. The number of para-hydroxylation sites is 1. The lowest BCUT2D eigenvalue weighted by atomic mass is 10.1. The highest BCUT2D eigenvalue weighted by molar-refractivity contribution is 9.10. The van der Waals surface area contributed by atoms with E-state index in [1.807, 2.05) is 49.4 Å². The van der Waals surface area contributed by atoms with Crippen molar-refractivity contribution in [1.82, 2.24) is 0 Å². The van der Waals surface area contributed by atoms with Gasteiger partial charge in [-0.15, -0.1) is 0 Å². The van der Waals surface area contributed by atoms with Gasteiger partial charge in [-0.3, -0.25) is 14.5 Å². The van der Waals surface area contributed by atoms with E-state index in [-0.39, 0.29) is 11.8 Å². The Labute approximate surface area is 143 Å². The summed E-state index contributed by atoms with van der Waals surface area (Å²) in [6, 6.07) is 12.8. The first kappa shape index (κ1) is 15.7. The number of halogens is 1. The molecule has 0 saturated carbocycles. The average Bonchev–Trinajstić information content (AvgIpc) is 2.89. The molecule has 5 heteroatoms. The Morgan fingerprint density at radius 1 is 1.22 bits per heavy atom. The van der Waals surface area contributed by atoms with Crippen molar-refractivity contribution in [2.75, 3.05) is 10.2 Å². The number of amides is 2. The Kier molecular flexibility index (Phi) is 4.22. The van der Waals surface area contributed by atoms with Crippen LogP contribution < -0.4 is 10.2 Å². The van der Waals surface area contributed by atoms with E-state index in [1.54, 1.807) is 4.90 Å². The van der Waals surface area contributed by atoms with Gasteiger partial charge < -0.3 is 5.32 Å². The van der Waals surface area contributed by atoms with Crippen molar-refractivity contribution in [2.45, 2.75) is 26.3 Å². The van der Waals surface area contributed by atoms with Gasteiger partial charge in [0.05, 0.1) is 0 Å². The maximum Gasteiger partial charge on any atom is 0.247 e. The fourth-order valence-corrected chi connectivity index (χ4v) is 3.44. The largest absolute Gasteiger partial charge is 0.324 e. The highest BCUT2D eigenvalue weighted by Crippen LogP contribution is 2.33. The van der Waals surface area contributed by atoms with E-state index in [2.05, 4.69) is 21.2 Å². The van der Waals surface area contributed by atoms with Crippen LogP contribution in [0.2, 0.25) is 0 Å². The average molecular weight is 373 g/mol. The predicted molar refractivity (Wildman–Crippen MR) is 94.6 cm³/mol. The number of carbonyl (C=O) groups excluding carboxylic acids is 2. The zero-order valence-electron chi connectivity index (χ0n) is 13.0. The molecular weight excluding hydrogens is 356 g/mol. The number of fused-ring (bicyclic) bond motifs is 1. The molecule has 4 nitrogen and oxygen atoms in total. The summed E-state index contributed by atoms with van der Waals surface area (Å²) in [4.78, 5) is 26.3. The summed E-state index contributed by atoms with van der Waals surface area (Å²) in [5.74, 6) is -0.288. The van der Waals surface area contributed by atoms with E-state index in [9.17, 15) is 9.59 Å². The number of hydrogen-bond donors (Lipinski definition) is 1. The number of aryl methyl sites for hydroxylation is 1. The Morgan fingerprint density at radius 3 is 2.65 bits per heavy atom. The highest BCUT2D eigenvalue weighted by Gasteiger charge is 2.36. The molecule has 0 bridgehead atoms. The summed E-state index contributed by atoms with van der Waals surface area (Å²) in [5, 5.41) is 2.95. The zero-order chi connectivity index (χ0) is 16.6. The third kappa shape index (κ3) is 3.01. The summed E-state index contributed by atoms with van der Waals surface area (Å²) in [7, 11) is 0. The first-order valence-corrected chi connectivity index (χ1v) is 8.21. The van der Waals surface area contributed by atoms with Crippen molar-refractivity contribution < 1.29 is 9.59 Å². The SMILES string of the molecule is CC(=O)N1c2ccccc2CC1C(=O)Nc1ccc(Br)cc1C. The lowest BCUT2D eigenvalue weighted by molar-refractivity contribution is -0.122. The molecule has 23 heavy (non-hydrogen) atoms. The molecule has 2 amide bonds. The molecule has 3 rings (SSSR count). The smallest absolute Gasteiger partial charge is 0.247 e. The van der Waals surface area contributed by atoms with Crippen LogP contribution in [0.15, 0.2) is 46.9 Å². The second-order valence-electron chi connectivity index (χ2n) is 5.69. The first-order valence-electron chi connectivity index (χ1n) is 7.42. The molecule has 1 N–H and O–H groups in total. The monoisotopic (exact) mass is 372 g/mol. The molecule has 1 heterocycles. The zero-order valence-corrected chi connectivity index (χ0v) is 14.6. The maximum atomic E-state index is 12.7. The van der Waals surface area contributed by atoms with Gasteiger partial charge in [-0.1, -0.05) is 34.1 Å². The van der Waals surface area contributed by atoms with Crippen LogP contribution in [-0.2, 0) is 16.0 Å². The lowest BCUT2D eigenvalue weighted by Gasteiger charge is -2.23. The number of benzene rings is 2. The van der Waals surface area contributed by atoms with Gasteiger partial charge in [-0.05, 0) is 42.3 Å². The van der Waals surface area contributed by atoms with Crippen molar-refractivity contribution in [2.24, 2.45) is 0 Å². The van der Waals surface area contributed by atoms with Crippen molar-refractivity contribution in [3.05, 3.63) is 58.1 Å². The topological polar surface area (TPSA) is 49.4 Å². The number of anilines is 2. The molecule has 0 fully saturated rings. The standard InChI is InChI=1S/C18H17BrN2O2/c1-11-9-14(19)7-8-15(11)20-18(23)17-10-13-5-3-4-6-16(13)21(17)12(2)22/h3-9,17H,10H2,1-2H3,(H,20,23). The molecule has 1 aliphatic rings. The van der Waals surface area contributed by atoms with Gasteiger partial charge in [-0.2, -0.15) is 0 Å². The lowest BCUT2D eigenvalue weighted by Crippen LogP contribution is -2.44. The second-order valence-corrected chi connectivity index (χ2v) is 6.60. The van der Waals surface area contributed by atoms with E-state index in [1.165, 1.54) is 6.92 Å². The molecule has 0 radical (unpaired) electrons. The minimum Gasteiger partial charge on any atom is -0.324 e. The van der Waals surface area contributed by atoms with E-state index in [0.29, 0.717) is 6.42 Å². The first-order chi connectivity index (χ1) is 11.0. The van der Waals surface area contributed by atoms with Crippen molar-refractivity contribution in [3.8, 4) is 0 Å². The van der Waals surface area contributed by atoms with Crippen LogP contribution in [0.1, 0.15) is 18.1 Å². The van der Waals surface area contributed by atoms with E-state index in [0.717, 1.165) is 27.0 Å². The van der Waals surface area contributed by atoms with Crippen LogP contribution in [0.25, 0.3) is 0 Å². The summed E-state index contributed by atoms with van der Waals surface area (Å²) in [5.41, 5.74) is 3.58. The summed E-state index contributed by atoms with van der Waals surface area (Å²) < 4.78 is 0.964. The van der Waals surface area contributed by atoms with Gasteiger partial charge in [-0.25, -0.2) is 0 Å². The molecule has 2 aromatic carbocycles. The molecule has 1 atom stereocenters. The Morgan fingerprint density at radius 2 is 1.96 bits per heavy atom. The van der Waals surface area contributed by atoms with Gasteiger partial charge in [0, 0.05) is 29.2 Å². The molecule has 2 aromatic rings. The maximum absolute atomic E-state index is 12.7. The molecule has 0 spiro atoms. The van der Waals surface area contributed by atoms with Crippen molar-refractivity contribution >= 4 is 39.1 Å². The van der Waals surface area contributed by atoms with Crippen LogP contribution in [0, 0.1) is 6.92 Å². The van der Waals surface area contributed by atoms with Crippen LogP contribution in [0.3, 0.4) is 0 Å². The Bertz CT molecular complexity index is 788. The molecule has 0 aliphatic carbocycles. The van der Waals surface area contributed by atoms with Crippen LogP contribution in [0.5, 0.6) is 0 Å². The Hall–Kier alpha value is -2.14. The number of nitrogens with one attached hydrogen (secondary N) is 1. The summed E-state index contributed by atoms with van der Waals surface area (Å²) >= 11 is 3.41. The molecule has 1 aliphatic heterocycles. The third-order valence-corrected chi connectivity index (χ3v) is 4.56. The molecule has 0 aromatic heterocycles. The number of carbonyl (C=O) groups is 2. The van der Waals surface area contributed by atoms with Crippen LogP contribution >= 0.6 is 15.9 Å². The quantitative estimate of drug-likeness (QED) is 0.873. The Balaban J connectivity index is 1.86. The third-order valence-electron chi connectivity index (χ3n) is 4.06. The van der Waals surface area contributed by atoms with Gasteiger partial charge in [0.25, 0.3) is 0 Å². The van der Waals surface area contributed by atoms with E-state index >= 15 is 0 Å². The van der Waals surface area contributed by atoms with E-state index in [4.69, 9.17) is 0 Å². The molecular formula is C18H17BrN2O2. The van der Waals surface area contributed by atoms with Crippen molar-refractivity contribution in [3.63, 3.8) is 0 Å². The minimum absolute atomic E-state index is 0.123. The highest BCUT2D eigenvalue weighted by atomic mass is 79.9. The number of nitrogens with zero attached hydrogens (tertiary/aromatic N) is 1. The van der Waals surface area contributed by atoms with Gasteiger partial charge >= 0.3 is 0 Å². The molecule has 0 saturated heterocycles. The van der Waals surface area contributed by atoms with Crippen molar-refractivity contribution in [1.29, 1.82) is 0 Å². The summed E-state index contributed by atoms with van der Waals surface area (Å²) in [6.07, 6.45) is 0.539. The normalized spacial score (nSPS) is 16.1. The fourth-order valence-electron chi connectivity index (χ4n) is 2.97. The molecule has 1 unspecified atom stereocenters. The number of rotatable bonds is 2. The second kappa shape index (κ2) is 6.16. The predicted octanol–water partition coefficient (Wildman–Crippen LogP) is 3.67. The van der Waals surface area contributed by atoms with Gasteiger partial charge in [0.15, 0.2) is 0 Å². The van der Waals surface area contributed by atoms with E-state index < -0.39 is 6.04 Å².